The molecule has 17 heavy (non-hydrogen) atoms. The summed E-state index contributed by atoms with van der Waals surface area (Å²) in [5.74, 6) is 0. The van der Waals surface area contributed by atoms with Gasteiger partial charge in [0, 0.05) is 6.04 Å². The van der Waals surface area contributed by atoms with E-state index in [4.69, 9.17) is 0 Å². The fourth-order valence-corrected chi connectivity index (χ4v) is 4.10. The van der Waals surface area contributed by atoms with Gasteiger partial charge >= 0.3 is 0 Å². The lowest BCUT2D eigenvalue weighted by Crippen LogP contribution is -2.42. The van der Waals surface area contributed by atoms with Crippen LogP contribution in [-0.4, -0.2) is 19.3 Å². The van der Waals surface area contributed by atoms with Crippen molar-refractivity contribution < 1.29 is 0 Å². The molecule has 2 nitrogen and oxygen atoms in total. The van der Waals surface area contributed by atoms with E-state index >= 15 is 0 Å². The molecule has 1 aromatic rings. The summed E-state index contributed by atoms with van der Waals surface area (Å²) in [5, 5.41) is 3.49. The fourth-order valence-electron chi connectivity index (χ4n) is 3.48. The molecule has 0 aromatic heterocycles. The number of piperidine rings is 1. The van der Waals surface area contributed by atoms with Crippen LogP contribution in [-0.2, 0) is 6.42 Å². The van der Waals surface area contributed by atoms with E-state index in [0.29, 0.717) is 11.5 Å². The van der Waals surface area contributed by atoms with E-state index in [1.54, 1.807) is 17.5 Å². The molecule has 92 valence electrons. The second kappa shape index (κ2) is 4.63. The average Bonchev–Trinajstić information content (AvgIpc) is 2.65. The molecular formula is C14H20N2S. The SMILES string of the molecule is CSNC1c2ccccc2CC12CCNCC2. The maximum atomic E-state index is 3.65. The third kappa shape index (κ3) is 1.90. The first-order valence-electron chi connectivity index (χ1n) is 6.43. The third-order valence-corrected chi connectivity index (χ3v) is 4.83. The maximum absolute atomic E-state index is 3.65. The number of fused-ring (bicyclic) bond motifs is 1. The van der Waals surface area contributed by atoms with Gasteiger partial charge in [-0.05, 0) is 55.1 Å². The molecule has 1 saturated heterocycles. The lowest BCUT2D eigenvalue weighted by Gasteiger charge is -2.39. The van der Waals surface area contributed by atoms with Crippen LogP contribution in [0.5, 0.6) is 0 Å². The van der Waals surface area contributed by atoms with Crippen molar-refractivity contribution in [2.75, 3.05) is 19.3 Å². The topological polar surface area (TPSA) is 24.1 Å². The fraction of sp³-hybridized carbons (Fsp3) is 0.571. The van der Waals surface area contributed by atoms with Crippen molar-refractivity contribution in [2.24, 2.45) is 5.41 Å². The first-order chi connectivity index (χ1) is 8.36. The van der Waals surface area contributed by atoms with Gasteiger partial charge in [-0.15, -0.1) is 0 Å². The molecule has 0 amide bonds. The van der Waals surface area contributed by atoms with E-state index in [-0.39, 0.29) is 0 Å². The Morgan fingerprint density at radius 3 is 2.82 bits per heavy atom. The van der Waals surface area contributed by atoms with Gasteiger partial charge in [0.1, 0.15) is 0 Å². The molecule has 0 saturated carbocycles. The van der Waals surface area contributed by atoms with Gasteiger partial charge in [-0.25, -0.2) is 0 Å². The standard InChI is InChI=1S/C14H20N2S/c1-17-16-13-12-5-3-2-4-11(12)10-14(13)6-8-15-9-7-14/h2-5,13,15-16H,6-10H2,1H3. The highest BCUT2D eigenvalue weighted by Gasteiger charge is 2.46. The first kappa shape index (κ1) is 11.6. The molecule has 0 bridgehead atoms. The highest BCUT2D eigenvalue weighted by atomic mass is 32.2. The van der Waals surface area contributed by atoms with E-state index in [1.165, 1.54) is 37.9 Å². The second-order valence-electron chi connectivity index (χ2n) is 5.24. The zero-order valence-corrected chi connectivity index (χ0v) is 11.1. The Hall–Kier alpha value is -0.510. The Bertz CT molecular complexity index is 399. The van der Waals surface area contributed by atoms with Crippen LogP contribution in [0.3, 0.4) is 0 Å². The molecule has 1 heterocycles. The summed E-state index contributed by atoms with van der Waals surface area (Å²) in [4.78, 5) is 0. The molecule has 1 spiro atoms. The van der Waals surface area contributed by atoms with Crippen molar-refractivity contribution in [3.8, 4) is 0 Å². The minimum Gasteiger partial charge on any atom is -0.317 e. The number of benzene rings is 1. The molecule has 3 rings (SSSR count). The van der Waals surface area contributed by atoms with Crippen LogP contribution < -0.4 is 10.0 Å². The minimum absolute atomic E-state index is 0.456. The monoisotopic (exact) mass is 248 g/mol. The summed E-state index contributed by atoms with van der Waals surface area (Å²) < 4.78 is 3.65. The Morgan fingerprint density at radius 1 is 1.29 bits per heavy atom. The van der Waals surface area contributed by atoms with Crippen LogP contribution in [0.1, 0.15) is 30.0 Å². The second-order valence-corrected chi connectivity index (χ2v) is 5.89. The lowest BCUT2D eigenvalue weighted by atomic mass is 9.73. The largest absolute Gasteiger partial charge is 0.317 e. The molecule has 1 atom stereocenters. The molecule has 3 heteroatoms. The molecule has 1 aliphatic heterocycles. The van der Waals surface area contributed by atoms with Crippen molar-refractivity contribution in [3.05, 3.63) is 35.4 Å². The van der Waals surface area contributed by atoms with Gasteiger partial charge < -0.3 is 5.32 Å². The molecule has 1 aliphatic carbocycles. The van der Waals surface area contributed by atoms with Gasteiger partial charge in [-0.1, -0.05) is 36.2 Å². The number of nitrogens with one attached hydrogen (secondary N) is 2. The van der Waals surface area contributed by atoms with Crippen LogP contribution in [0.25, 0.3) is 0 Å². The van der Waals surface area contributed by atoms with Crippen molar-refractivity contribution >= 4 is 11.9 Å². The van der Waals surface area contributed by atoms with Gasteiger partial charge in [0.25, 0.3) is 0 Å². The Morgan fingerprint density at radius 2 is 2.06 bits per heavy atom. The highest BCUT2D eigenvalue weighted by molar-refractivity contribution is 7.96. The van der Waals surface area contributed by atoms with Crippen LogP contribution in [0, 0.1) is 5.41 Å². The predicted octanol–water partition coefficient (Wildman–Crippen LogP) is 2.52. The average molecular weight is 248 g/mol. The zero-order chi connectivity index (χ0) is 11.7. The Kier molecular flexibility index (Phi) is 3.16. The normalized spacial score (nSPS) is 26.1. The van der Waals surface area contributed by atoms with Gasteiger partial charge in [-0.2, -0.15) is 0 Å². The van der Waals surface area contributed by atoms with Crippen molar-refractivity contribution in [1.29, 1.82) is 0 Å². The summed E-state index contributed by atoms with van der Waals surface area (Å²) >= 11 is 1.76. The predicted molar refractivity (Wildman–Crippen MR) is 74.1 cm³/mol. The van der Waals surface area contributed by atoms with Crippen LogP contribution in [0.2, 0.25) is 0 Å². The van der Waals surface area contributed by atoms with Crippen LogP contribution >= 0.6 is 11.9 Å². The van der Waals surface area contributed by atoms with Gasteiger partial charge in [0.05, 0.1) is 0 Å². The number of hydrogen-bond acceptors (Lipinski definition) is 3. The smallest absolute Gasteiger partial charge is 0.0484 e. The summed E-state index contributed by atoms with van der Waals surface area (Å²) in [6.07, 6.45) is 5.97. The van der Waals surface area contributed by atoms with Crippen molar-refractivity contribution in [1.82, 2.24) is 10.0 Å². The third-order valence-electron chi connectivity index (χ3n) is 4.36. The number of rotatable bonds is 2. The summed E-state index contributed by atoms with van der Waals surface area (Å²) in [5.41, 5.74) is 3.54. The molecule has 0 radical (unpaired) electrons. The van der Waals surface area contributed by atoms with E-state index in [2.05, 4.69) is 40.6 Å². The summed E-state index contributed by atoms with van der Waals surface area (Å²) in [6, 6.07) is 9.50. The van der Waals surface area contributed by atoms with E-state index in [9.17, 15) is 0 Å². The molecular weight excluding hydrogens is 228 g/mol. The molecule has 1 fully saturated rings. The summed E-state index contributed by atoms with van der Waals surface area (Å²) in [6.45, 7) is 2.33. The molecule has 1 aromatic carbocycles. The van der Waals surface area contributed by atoms with Crippen LogP contribution in [0.15, 0.2) is 24.3 Å². The van der Waals surface area contributed by atoms with Gasteiger partial charge in [-0.3, -0.25) is 4.72 Å². The Labute approximate surface area is 108 Å². The molecule has 2 aliphatic rings. The van der Waals surface area contributed by atoms with E-state index < -0.39 is 0 Å². The van der Waals surface area contributed by atoms with Crippen molar-refractivity contribution in [2.45, 2.75) is 25.3 Å². The summed E-state index contributed by atoms with van der Waals surface area (Å²) in [7, 11) is 0. The number of hydrogen-bond donors (Lipinski definition) is 2. The molecule has 2 N–H and O–H groups in total. The lowest BCUT2D eigenvalue weighted by molar-refractivity contribution is 0.166. The minimum atomic E-state index is 0.456. The first-order valence-corrected chi connectivity index (χ1v) is 7.65. The highest BCUT2D eigenvalue weighted by Crippen LogP contribution is 2.51. The van der Waals surface area contributed by atoms with Crippen molar-refractivity contribution in [3.63, 3.8) is 0 Å². The van der Waals surface area contributed by atoms with Gasteiger partial charge in [0.15, 0.2) is 0 Å². The quantitative estimate of drug-likeness (QED) is 0.787. The maximum Gasteiger partial charge on any atom is 0.0484 e. The van der Waals surface area contributed by atoms with Crippen LogP contribution in [0.4, 0.5) is 0 Å². The zero-order valence-electron chi connectivity index (χ0n) is 10.3. The van der Waals surface area contributed by atoms with Gasteiger partial charge in [0.2, 0.25) is 0 Å². The molecule has 1 unspecified atom stereocenters. The Balaban J connectivity index is 1.96. The van der Waals surface area contributed by atoms with E-state index in [0.717, 1.165) is 0 Å². The van der Waals surface area contributed by atoms with E-state index in [1.807, 2.05) is 0 Å².